The average Bonchev–Trinajstić information content (AvgIpc) is 3.51. The van der Waals surface area contributed by atoms with Crippen LogP contribution < -0.4 is 10.0 Å². The van der Waals surface area contributed by atoms with Gasteiger partial charge in [-0.3, -0.25) is 9.78 Å². The normalized spacial score (nSPS) is 20.4. The van der Waals surface area contributed by atoms with Gasteiger partial charge in [-0.25, -0.2) is 13.1 Å². The number of sulfonamides is 1. The molecule has 142 valence electrons. The molecule has 0 bridgehead atoms. The zero-order valence-electron chi connectivity index (χ0n) is 14.8. The van der Waals surface area contributed by atoms with Crippen LogP contribution in [0.1, 0.15) is 34.8 Å². The molecule has 8 heteroatoms. The van der Waals surface area contributed by atoms with E-state index < -0.39 is 10.0 Å². The highest BCUT2D eigenvalue weighted by molar-refractivity contribution is 7.89. The molecule has 1 aliphatic heterocycles. The Morgan fingerprint density at radius 3 is 2.63 bits per heavy atom. The Morgan fingerprint density at radius 1 is 1.19 bits per heavy atom. The topological polar surface area (TPSA) is 91.4 Å². The van der Waals surface area contributed by atoms with Crippen LogP contribution >= 0.6 is 0 Å². The fourth-order valence-electron chi connectivity index (χ4n) is 3.25. The molecule has 0 radical (unpaired) electrons. The van der Waals surface area contributed by atoms with Gasteiger partial charge in [-0.2, -0.15) is 0 Å². The maximum Gasteiger partial charge on any atom is 0.254 e. The number of rotatable bonds is 5. The molecule has 7 nitrogen and oxygen atoms in total. The maximum atomic E-state index is 13.0. The largest absolute Gasteiger partial charge is 0.329 e. The summed E-state index contributed by atoms with van der Waals surface area (Å²) in [5.74, 6) is -0.107. The first-order valence-corrected chi connectivity index (χ1v) is 10.6. The minimum Gasteiger partial charge on any atom is -0.329 e. The monoisotopic (exact) mass is 386 g/mol. The van der Waals surface area contributed by atoms with Gasteiger partial charge in [-0.05, 0) is 48.7 Å². The molecule has 2 aromatic rings. The Hall–Kier alpha value is -2.29. The lowest BCUT2D eigenvalue weighted by Gasteiger charge is -2.36. The van der Waals surface area contributed by atoms with E-state index >= 15 is 0 Å². The van der Waals surface area contributed by atoms with Crippen LogP contribution in [0.5, 0.6) is 0 Å². The Bertz CT molecular complexity index is 912. The van der Waals surface area contributed by atoms with Crippen molar-refractivity contribution in [2.24, 2.45) is 0 Å². The SMILES string of the molecule is O=C(c1ccc(S(=O)(=O)NC2CC2)cc1)N1CCNCC1c1cccnc1. The number of hydrogen-bond acceptors (Lipinski definition) is 5. The Morgan fingerprint density at radius 2 is 1.96 bits per heavy atom. The predicted molar refractivity (Wildman–Crippen MR) is 101 cm³/mol. The number of amides is 1. The van der Waals surface area contributed by atoms with Gasteiger partial charge >= 0.3 is 0 Å². The third kappa shape index (κ3) is 4.02. The van der Waals surface area contributed by atoms with Crippen molar-refractivity contribution in [3.63, 3.8) is 0 Å². The van der Waals surface area contributed by atoms with E-state index in [4.69, 9.17) is 0 Å². The summed E-state index contributed by atoms with van der Waals surface area (Å²) < 4.78 is 27.2. The smallest absolute Gasteiger partial charge is 0.254 e. The molecule has 2 aliphatic rings. The van der Waals surface area contributed by atoms with Crippen molar-refractivity contribution in [3.8, 4) is 0 Å². The summed E-state index contributed by atoms with van der Waals surface area (Å²) in [5.41, 5.74) is 1.46. The zero-order valence-corrected chi connectivity index (χ0v) is 15.7. The van der Waals surface area contributed by atoms with E-state index in [-0.39, 0.29) is 22.9 Å². The Kier molecular flexibility index (Phi) is 4.94. The number of pyridine rings is 1. The van der Waals surface area contributed by atoms with Gasteiger partial charge in [0.2, 0.25) is 10.0 Å². The van der Waals surface area contributed by atoms with E-state index in [1.165, 1.54) is 12.1 Å². The average molecular weight is 386 g/mol. The number of carbonyl (C=O) groups is 1. The van der Waals surface area contributed by atoms with Crippen LogP contribution in [0.25, 0.3) is 0 Å². The van der Waals surface area contributed by atoms with E-state index in [9.17, 15) is 13.2 Å². The predicted octanol–water partition coefficient (Wildman–Crippen LogP) is 1.31. The number of aromatic nitrogens is 1. The molecule has 0 spiro atoms. The minimum absolute atomic E-state index is 0.0531. The lowest BCUT2D eigenvalue weighted by molar-refractivity contribution is 0.0634. The molecule has 27 heavy (non-hydrogen) atoms. The van der Waals surface area contributed by atoms with Crippen LogP contribution in [0, 0.1) is 0 Å². The summed E-state index contributed by atoms with van der Waals surface area (Å²) in [6, 6.07) is 9.96. The molecule has 4 rings (SSSR count). The quantitative estimate of drug-likeness (QED) is 0.808. The first-order chi connectivity index (χ1) is 13.0. The second-order valence-corrected chi connectivity index (χ2v) is 8.64. The molecular weight excluding hydrogens is 364 g/mol. The molecule has 2 fully saturated rings. The zero-order chi connectivity index (χ0) is 18.9. The third-order valence-electron chi connectivity index (χ3n) is 4.88. The van der Waals surface area contributed by atoms with Gasteiger partial charge in [0.15, 0.2) is 0 Å². The molecule has 1 aliphatic carbocycles. The highest BCUT2D eigenvalue weighted by Crippen LogP contribution is 2.25. The standard InChI is InChI=1S/C19H22N4O3S/c24-19(23-11-10-21-13-18(23)15-2-1-9-20-12-15)14-3-7-17(8-4-14)27(25,26)22-16-5-6-16/h1-4,7-9,12,16,18,21-22H,5-6,10-11,13H2. The van der Waals surface area contributed by atoms with Crippen molar-refractivity contribution in [1.29, 1.82) is 0 Å². The van der Waals surface area contributed by atoms with Crippen LogP contribution in [0.4, 0.5) is 0 Å². The van der Waals surface area contributed by atoms with E-state index in [1.807, 2.05) is 17.0 Å². The van der Waals surface area contributed by atoms with E-state index in [2.05, 4.69) is 15.0 Å². The lowest BCUT2D eigenvalue weighted by Crippen LogP contribution is -2.48. The highest BCUT2D eigenvalue weighted by Gasteiger charge is 2.30. The van der Waals surface area contributed by atoms with Crippen molar-refractivity contribution in [3.05, 3.63) is 59.9 Å². The summed E-state index contributed by atoms with van der Waals surface area (Å²) in [7, 11) is -3.51. The van der Waals surface area contributed by atoms with Crippen LogP contribution in [0.3, 0.4) is 0 Å². The fraction of sp³-hybridized carbons (Fsp3) is 0.368. The van der Waals surface area contributed by atoms with Crippen molar-refractivity contribution in [2.75, 3.05) is 19.6 Å². The van der Waals surface area contributed by atoms with E-state index in [0.717, 1.165) is 24.9 Å². The summed E-state index contributed by atoms with van der Waals surface area (Å²) in [4.78, 5) is 19.2. The summed E-state index contributed by atoms with van der Waals surface area (Å²) in [5, 5.41) is 3.31. The third-order valence-corrected chi connectivity index (χ3v) is 6.42. The van der Waals surface area contributed by atoms with Crippen LogP contribution in [0.2, 0.25) is 0 Å². The van der Waals surface area contributed by atoms with Gasteiger partial charge in [0.25, 0.3) is 5.91 Å². The molecule has 1 saturated heterocycles. The van der Waals surface area contributed by atoms with E-state index in [0.29, 0.717) is 18.7 Å². The van der Waals surface area contributed by atoms with Crippen LogP contribution in [0.15, 0.2) is 53.7 Å². The van der Waals surface area contributed by atoms with Gasteiger partial charge in [0, 0.05) is 43.6 Å². The van der Waals surface area contributed by atoms with Crippen LogP contribution in [-0.2, 0) is 10.0 Å². The molecule has 1 aromatic carbocycles. The Balaban J connectivity index is 1.54. The highest BCUT2D eigenvalue weighted by atomic mass is 32.2. The number of nitrogens with zero attached hydrogens (tertiary/aromatic N) is 2. The molecule has 2 heterocycles. The molecule has 2 N–H and O–H groups in total. The first kappa shape index (κ1) is 18.1. The van der Waals surface area contributed by atoms with Crippen molar-refractivity contribution in [2.45, 2.75) is 29.8 Å². The molecule has 1 unspecified atom stereocenters. The second kappa shape index (κ2) is 7.38. The first-order valence-electron chi connectivity index (χ1n) is 9.08. The summed E-state index contributed by atoms with van der Waals surface area (Å²) >= 11 is 0. The van der Waals surface area contributed by atoms with Gasteiger partial charge in [-0.15, -0.1) is 0 Å². The fourth-order valence-corrected chi connectivity index (χ4v) is 4.55. The van der Waals surface area contributed by atoms with Crippen molar-refractivity contribution < 1.29 is 13.2 Å². The second-order valence-electron chi connectivity index (χ2n) is 6.92. The Labute approximate surface area is 158 Å². The number of nitrogens with one attached hydrogen (secondary N) is 2. The lowest BCUT2D eigenvalue weighted by atomic mass is 10.0. The number of hydrogen-bond donors (Lipinski definition) is 2. The summed E-state index contributed by atoms with van der Waals surface area (Å²) in [6.07, 6.45) is 5.25. The summed E-state index contributed by atoms with van der Waals surface area (Å²) in [6.45, 7) is 1.97. The van der Waals surface area contributed by atoms with E-state index in [1.54, 1.807) is 24.5 Å². The maximum absolute atomic E-state index is 13.0. The molecule has 1 aromatic heterocycles. The number of piperazine rings is 1. The van der Waals surface area contributed by atoms with Gasteiger partial charge in [0.05, 0.1) is 10.9 Å². The molecular formula is C19H22N4O3S. The van der Waals surface area contributed by atoms with Crippen molar-refractivity contribution in [1.82, 2.24) is 19.9 Å². The van der Waals surface area contributed by atoms with Gasteiger partial charge in [0.1, 0.15) is 0 Å². The van der Waals surface area contributed by atoms with Crippen LogP contribution in [-0.4, -0.2) is 49.9 Å². The molecule has 1 amide bonds. The molecule has 1 atom stereocenters. The van der Waals surface area contributed by atoms with Crippen molar-refractivity contribution >= 4 is 15.9 Å². The van der Waals surface area contributed by atoms with Gasteiger partial charge < -0.3 is 10.2 Å². The minimum atomic E-state index is -3.51. The number of benzene rings is 1. The van der Waals surface area contributed by atoms with Gasteiger partial charge in [-0.1, -0.05) is 6.07 Å². The number of carbonyl (C=O) groups excluding carboxylic acids is 1. The molecule has 1 saturated carbocycles.